The number of piperazine rings is 1. The van der Waals surface area contributed by atoms with Crippen molar-refractivity contribution in [1.29, 1.82) is 0 Å². The second-order valence-corrected chi connectivity index (χ2v) is 8.33. The van der Waals surface area contributed by atoms with Gasteiger partial charge in [0.05, 0.1) is 11.1 Å². The van der Waals surface area contributed by atoms with E-state index in [4.69, 9.17) is 0 Å². The summed E-state index contributed by atoms with van der Waals surface area (Å²) in [5.74, 6) is 0.306. The topological polar surface area (TPSA) is 93.4 Å². The van der Waals surface area contributed by atoms with E-state index < -0.39 is 0 Å². The second-order valence-electron chi connectivity index (χ2n) is 8.33. The van der Waals surface area contributed by atoms with Gasteiger partial charge in [-0.05, 0) is 57.6 Å². The van der Waals surface area contributed by atoms with Gasteiger partial charge in [-0.1, -0.05) is 0 Å². The number of aromatic nitrogens is 2. The molecule has 8 nitrogen and oxygen atoms in total. The number of aryl methyl sites for hydroxylation is 1. The summed E-state index contributed by atoms with van der Waals surface area (Å²) in [7, 11) is 2.15. The third-order valence-corrected chi connectivity index (χ3v) is 6.10. The molecule has 31 heavy (non-hydrogen) atoms. The van der Waals surface area contributed by atoms with Gasteiger partial charge in [0, 0.05) is 55.9 Å². The first-order chi connectivity index (χ1) is 14.9. The average molecular weight is 423 g/mol. The Morgan fingerprint density at radius 2 is 2.03 bits per heavy atom. The highest BCUT2D eigenvalue weighted by Gasteiger charge is 2.26. The van der Waals surface area contributed by atoms with Crippen molar-refractivity contribution in [2.24, 2.45) is 0 Å². The summed E-state index contributed by atoms with van der Waals surface area (Å²) in [5.41, 5.74) is 4.37. The Morgan fingerprint density at radius 3 is 2.81 bits per heavy atom. The lowest BCUT2D eigenvalue weighted by Crippen LogP contribution is -2.45. The van der Waals surface area contributed by atoms with Gasteiger partial charge in [-0.3, -0.25) is 9.59 Å². The number of H-pyrrole nitrogens is 1. The molecule has 0 unspecified atom stereocenters. The first-order valence-corrected chi connectivity index (χ1v) is 10.8. The van der Waals surface area contributed by atoms with Gasteiger partial charge in [0.25, 0.3) is 11.8 Å². The van der Waals surface area contributed by atoms with Crippen LogP contribution in [-0.2, 0) is 4.79 Å². The van der Waals surface area contributed by atoms with E-state index in [0.29, 0.717) is 23.5 Å². The van der Waals surface area contributed by atoms with Gasteiger partial charge in [-0.2, -0.15) is 0 Å². The fourth-order valence-electron chi connectivity index (χ4n) is 4.23. The number of pyridine rings is 1. The number of carbonyl (C=O) groups is 2. The van der Waals surface area contributed by atoms with E-state index >= 15 is 0 Å². The highest BCUT2D eigenvalue weighted by molar-refractivity contribution is 6.34. The molecular formula is C23H30N6O2. The number of hydrogen-bond acceptors (Lipinski definition) is 5. The van der Waals surface area contributed by atoms with Crippen LogP contribution >= 0.6 is 0 Å². The summed E-state index contributed by atoms with van der Waals surface area (Å²) < 4.78 is 0. The van der Waals surface area contributed by atoms with E-state index in [-0.39, 0.29) is 11.8 Å². The fraction of sp³-hybridized carbons (Fsp3) is 0.435. The number of hydrogen-bond donors (Lipinski definition) is 3. The van der Waals surface area contributed by atoms with Crippen molar-refractivity contribution < 1.29 is 9.59 Å². The summed E-state index contributed by atoms with van der Waals surface area (Å²) >= 11 is 0. The molecule has 2 aliphatic rings. The Labute approximate surface area is 182 Å². The quantitative estimate of drug-likeness (QED) is 0.488. The van der Waals surface area contributed by atoms with E-state index in [2.05, 4.69) is 37.4 Å². The fourth-order valence-corrected chi connectivity index (χ4v) is 4.23. The third kappa shape index (κ3) is 4.55. The SMILES string of the molecule is Cc1[nH]c(/C=C2\C(=O)Nc3ncccc32)c(C)c1C(=O)NCCCN1CCN(C)CC1. The number of nitrogens with zero attached hydrogens (tertiary/aromatic N) is 3. The number of fused-ring (bicyclic) bond motifs is 1. The molecule has 1 fully saturated rings. The summed E-state index contributed by atoms with van der Waals surface area (Å²) in [6, 6.07) is 3.67. The number of likely N-dealkylation sites (N-methyl/N-ethyl adjacent to an activating group) is 1. The van der Waals surface area contributed by atoms with Crippen molar-refractivity contribution in [3.05, 3.63) is 46.4 Å². The van der Waals surface area contributed by atoms with Crippen LogP contribution < -0.4 is 10.6 Å². The summed E-state index contributed by atoms with van der Waals surface area (Å²) in [6.45, 7) is 9.82. The zero-order valence-electron chi connectivity index (χ0n) is 18.4. The predicted molar refractivity (Wildman–Crippen MR) is 122 cm³/mol. The molecule has 0 radical (unpaired) electrons. The van der Waals surface area contributed by atoms with Crippen LogP contribution in [0.4, 0.5) is 5.82 Å². The van der Waals surface area contributed by atoms with Gasteiger partial charge in [-0.15, -0.1) is 0 Å². The smallest absolute Gasteiger partial charge is 0.257 e. The lowest BCUT2D eigenvalue weighted by molar-refractivity contribution is -0.110. The van der Waals surface area contributed by atoms with Crippen LogP contribution in [0.5, 0.6) is 0 Å². The Morgan fingerprint density at radius 1 is 1.26 bits per heavy atom. The third-order valence-electron chi connectivity index (χ3n) is 6.10. The van der Waals surface area contributed by atoms with E-state index in [9.17, 15) is 9.59 Å². The molecule has 0 atom stereocenters. The molecular weight excluding hydrogens is 392 g/mol. The van der Waals surface area contributed by atoms with Gasteiger partial charge in [0.2, 0.25) is 0 Å². The maximum absolute atomic E-state index is 12.8. The van der Waals surface area contributed by atoms with Crippen LogP contribution in [0.2, 0.25) is 0 Å². The standard InChI is InChI=1S/C23H30N6O2/c1-15-19(14-18-17-6-4-7-24-21(17)27-22(18)30)26-16(2)20(15)23(31)25-8-5-9-29-12-10-28(3)11-13-29/h4,6-7,14,26H,5,8-13H2,1-3H3,(H,25,31)(H,24,27,30)/b18-14-. The lowest BCUT2D eigenvalue weighted by atomic mass is 10.0. The molecule has 0 bridgehead atoms. The van der Waals surface area contributed by atoms with Gasteiger partial charge >= 0.3 is 0 Å². The van der Waals surface area contributed by atoms with E-state index in [1.807, 2.05) is 19.9 Å². The van der Waals surface area contributed by atoms with Crippen molar-refractivity contribution in [2.45, 2.75) is 20.3 Å². The molecule has 3 N–H and O–H groups in total. The molecule has 2 aromatic heterocycles. The van der Waals surface area contributed by atoms with Crippen LogP contribution in [0, 0.1) is 13.8 Å². The molecule has 4 rings (SSSR count). The molecule has 164 valence electrons. The largest absolute Gasteiger partial charge is 0.358 e. The molecule has 0 saturated carbocycles. The summed E-state index contributed by atoms with van der Waals surface area (Å²) in [4.78, 5) is 37.5. The Hall–Kier alpha value is -2.97. The number of rotatable bonds is 6. The minimum Gasteiger partial charge on any atom is -0.358 e. The van der Waals surface area contributed by atoms with Gasteiger partial charge in [0.15, 0.2) is 0 Å². The van der Waals surface area contributed by atoms with Crippen molar-refractivity contribution in [3.8, 4) is 0 Å². The van der Waals surface area contributed by atoms with Crippen LogP contribution in [0.15, 0.2) is 18.3 Å². The van der Waals surface area contributed by atoms with Crippen LogP contribution in [0.25, 0.3) is 11.6 Å². The first-order valence-electron chi connectivity index (χ1n) is 10.8. The molecule has 2 aliphatic heterocycles. The number of nitrogens with one attached hydrogen (secondary N) is 3. The van der Waals surface area contributed by atoms with Crippen molar-refractivity contribution in [3.63, 3.8) is 0 Å². The van der Waals surface area contributed by atoms with Crippen molar-refractivity contribution >= 4 is 29.3 Å². The highest BCUT2D eigenvalue weighted by atomic mass is 16.2. The normalized spacial score (nSPS) is 18.3. The minimum absolute atomic E-state index is 0.0767. The van der Waals surface area contributed by atoms with Gasteiger partial charge in [-0.25, -0.2) is 4.98 Å². The second kappa shape index (κ2) is 9.03. The zero-order valence-corrected chi connectivity index (χ0v) is 18.4. The van der Waals surface area contributed by atoms with Gasteiger partial charge < -0.3 is 25.4 Å². The monoisotopic (exact) mass is 422 g/mol. The van der Waals surface area contributed by atoms with Crippen LogP contribution in [0.3, 0.4) is 0 Å². The predicted octanol–water partition coefficient (Wildman–Crippen LogP) is 1.89. The summed E-state index contributed by atoms with van der Waals surface area (Å²) in [6.07, 6.45) is 4.38. The molecule has 4 heterocycles. The molecule has 0 spiro atoms. The van der Waals surface area contributed by atoms with E-state index in [1.165, 1.54) is 0 Å². The van der Waals surface area contributed by atoms with E-state index in [1.54, 1.807) is 18.3 Å². The number of carbonyl (C=O) groups excluding carboxylic acids is 2. The number of anilines is 1. The molecule has 2 amide bonds. The molecule has 2 aromatic rings. The zero-order chi connectivity index (χ0) is 22.0. The first kappa shape index (κ1) is 21.3. The maximum atomic E-state index is 12.8. The summed E-state index contributed by atoms with van der Waals surface area (Å²) in [5, 5.41) is 5.83. The Kier molecular flexibility index (Phi) is 6.20. The average Bonchev–Trinajstić information content (AvgIpc) is 3.22. The number of aromatic amines is 1. The lowest BCUT2D eigenvalue weighted by Gasteiger charge is -2.32. The Balaban J connectivity index is 1.40. The van der Waals surface area contributed by atoms with Crippen LogP contribution in [-0.4, -0.2) is 77.9 Å². The molecule has 1 saturated heterocycles. The highest BCUT2D eigenvalue weighted by Crippen LogP contribution is 2.32. The van der Waals surface area contributed by atoms with Crippen molar-refractivity contribution in [1.82, 2.24) is 25.1 Å². The molecule has 0 aliphatic carbocycles. The minimum atomic E-state index is -0.185. The number of amides is 2. The molecule has 0 aromatic carbocycles. The van der Waals surface area contributed by atoms with Crippen molar-refractivity contribution in [2.75, 3.05) is 51.6 Å². The molecule has 8 heteroatoms. The van der Waals surface area contributed by atoms with Gasteiger partial charge in [0.1, 0.15) is 5.82 Å². The van der Waals surface area contributed by atoms with E-state index in [0.717, 1.165) is 61.7 Å². The van der Waals surface area contributed by atoms with Crippen LogP contribution in [0.1, 0.15) is 39.3 Å². The maximum Gasteiger partial charge on any atom is 0.257 e. The Bertz CT molecular complexity index is 1020.